The van der Waals surface area contributed by atoms with Crippen LogP contribution in [-0.2, 0) is 9.84 Å². The lowest BCUT2D eigenvalue weighted by Crippen LogP contribution is -2.37. The third-order valence-corrected chi connectivity index (χ3v) is 4.51. The molecule has 0 aliphatic heterocycles. The number of anilines is 1. The number of carbonyl (C=O) groups is 1. The van der Waals surface area contributed by atoms with E-state index < -0.39 is 9.84 Å². The van der Waals surface area contributed by atoms with Gasteiger partial charge in [-0.3, -0.25) is 0 Å². The molecule has 0 aromatic heterocycles. The molecular weight excluding hydrogens is 288 g/mol. The van der Waals surface area contributed by atoms with Gasteiger partial charge in [0, 0.05) is 12.3 Å². The number of rotatable bonds is 3. The average Bonchev–Trinajstić information content (AvgIpc) is 2.38. The van der Waals surface area contributed by atoms with E-state index in [1.807, 2.05) is 19.1 Å². The van der Waals surface area contributed by atoms with Crippen molar-refractivity contribution in [3.8, 4) is 0 Å². The first-order chi connectivity index (χ1) is 9.86. The lowest BCUT2D eigenvalue weighted by atomic mass is 10.0. The molecule has 0 saturated heterocycles. The Balaban J connectivity index is 2.15. The number of aryl methyl sites for hydroxylation is 1. The fourth-order valence-corrected chi connectivity index (χ4v) is 3.15. The summed E-state index contributed by atoms with van der Waals surface area (Å²) in [7, 11) is -3.39. The fourth-order valence-electron chi connectivity index (χ4n) is 2.32. The van der Waals surface area contributed by atoms with Crippen LogP contribution in [0, 0.1) is 6.92 Å². The van der Waals surface area contributed by atoms with Gasteiger partial charge in [0.15, 0.2) is 9.84 Å². The van der Waals surface area contributed by atoms with Crippen LogP contribution < -0.4 is 10.6 Å². The van der Waals surface area contributed by atoms with Crippen molar-refractivity contribution in [2.75, 3.05) is 11.6 Å². The Morgan fingerprint density at radius 3 is 2.71 bits per heavy atom. The van der Waals surface area contributed by atoms with Gasteiger partial charge < -0.3 is 10.6 Å². The van der Waals surface area contributed by atoms with E-state index in [0.29, 0.717) is 5.69 Å². The molecule has 21 heavy (non-hydrogen) atoms. The zero-order valence-corrected chi connectivity index (χ0v) is 13.0. The van der Waals surface area contributed by atoms with Crippen LogP contribution in [-0.4, -0.2) is 26.7 Å². The van der Waals surface area contributed by atoms with Crippen LogP contribution in [0.15, 0.2) is 35.2 Å². The molecular formula is C15H20N2O3S. The Morgan fingerprint density at radius 2 is 2.10 bits per heavy atom. The molecule has 5 nitrogen and oxygen atoms in total. The lowest BCUT2D eigenvalue weighted by Gasteiger charge is -2.19. The molecule has 2 rings (SSSR count). The zero-order valence-electron chi connectivity index (χ0n) is 12.2. The number of benzene rings is 1. The number of hydrogen-bond donors (Lipinski definition) is 2. The van der Waals surface area contributed by atoms with Gasteiger partial charge >= 0.3 is 6.03 Å². The number of sulfone groups is 1. The van der Waals surface area contributed by atoms with Crippen LogP contribution in [0.2, 0.25) is 0 Å². The fraction of sp³-hybridized carbons (Fsp3) is 0.400. The first-order valence-electron chi connectivity index (χ1n) is 6.91. The van der Waals surface area contributed by atoms with E-state index >= 15 is 0 Å². The van der Waals surface area contributed by atoms with E-state index in [1.54, 1.807) is 12.1 Å². The molecule has 0 fully saturated rings. The van der Waals surface area contributed by atoms with Crippen molar-refractivity contribution in [3.63, 3.8) is 0 Å². The van der Waals surface area contributed by atoms with Crippen molar-refractivity contribution >= 4 is 21.6 Å². The summed E-state index contributed by atoms with van der Waals surface area (Å²) in [5.41, 5.74) is 1.20. The maximum Gasteiger partial charge on any atom is 0.319 e. The Labute approximate surface area is 125 Å². The van der Waals surface area contributed by atoms with Crippen molar-refractivity contribution in [3.05, 3.63) is 35.9 Å². The molecule has 0 heterocycles. The largest absolute Gasteiger partial charge is 0.332 e. The van der Waals surface area contributed by atoms with E-state index in [-0.39, 0.29) is 17.0 Å². The van der Waals surface area contributed by atoms with Crippen LogP contribution in [0.4, 0.5) is 10.5 Å². The van der Waals surface area contributed by atoms with Gasteiger partial charge in [-0.2, -0.15) is 0 Å². The van der Waals surface area contributed by atoms with E-state index in [1.165, 1.54) is 6.07 Å². The zero-order chi connectivity index (χ0) is 15.5. The summed E-state index contributed by atoms with van der Waals surface area (Å²) in [4.78, 5) is 12.1. The van der Waals surface area contributed by atoms with Crippen LogP contribution in [0.5, 0.6) is 0 Å². The Hall–Kier alpha value is -1.82. The summed E-state index contributed by atoms with van der Waals surface area (Å²) in [6.45, 7) is 1.85. The maximum atomic E-state index is 12.0. The molecule has 1 atom stereocenters. The Kier molecular flexibility index (Phi) is 4.67. The predicted octanol–water partition coefficient (Wildman–Crippen LogP) is 2.63. The molecule has 2 amide bonds. The summed E-state index contributed by atoms with van der Waals surface area (Å²) in [6, 6.07) is 4.50. The number of urea groups is 1. The van der Waals surface area contributed by atoms with Gasteiger partial charge in [-0.15, -0.1) is 0 Å². The lowest BCUT2D eigenvalue weighted by molar-refractivity contribution is 0.249. The van der Waals surface area contributed by atoms with Crippen molar-refractivity contribution in [2.24, 2.45) is 0 Å². The topological polar surface area (TPSA) is 75.3 Å². The van der Waals surface area contributed by atoms with Crippen molar-refractivity contribution in [2.45, 2.75) is 37.1 Å². The monoisotopic (exact) mass is 308 g/mol. The first-order valence-corrected chi connectivity index (χ1v) is 8.80. The standard InChI is InChI=1S/C15H20N2O3S/c1-11-8-9-14(21(2,19)20)13(10-11)17-15(18)16-12-6-4-3-5-7-12/h4,6,8-10,12H,3,5,7H2,1-2H3,(H2,16,17,18)/t12-/m1/s1. The highest BCUT2D eigenvalue weighted by molar-refractivity contribution is 7.90. The summed E-state index contributed by atoms with van der Waals surface area (Å²) < 4.78 is 23.5. The molecule has 0 saturated carbocycles. The van der Waals surface area contributed by atoms with Gasteiger partial charge in [0.05, 0.1) is 10.6 Å². The highest BCUT2D eigenvalue weighted by atomic mass is 32.2. The highest BCUT2D eigenvalue weighted by Crippen LogP contribution is 2.22. The number of carbonyl (C=O) groups excluding carboxylic acids is 1. The Morgan fingerprint density at radius 1 is 1.33 bits per heavy atom. The third-order valence-electron chi connectivity index (χ3n) is 3.35. The molecule has 114 valence electrons. The minimum absolute atomic E-state index is 0.00485. The summed E-state index contributed by atoms with van der Waals surface area (Å²) in [6.07, 6.45) is 8.12. The SMILES string of the molecule is Cc1ccc(S(C)(=O)=O)c(NC(=O)N[C@@H]2C=CCCC2)c1. The Bertz CT molecular complexity index is 665. The minimum atomic E-state index is -3.39. The van der Waals surface area contributed by atoms with Gasteiger partial charge in [0.25, 0.3) is 0 Å². The van der Waals surface area contributed by atoms with E-state index in [9.17, 15) is 13.2 Å². The van der Waals surface area contributed by atoms with Crippen LogP contribution in [0.3, 0.4) is 0 Å². The van der Waals surface area contributed by atoms with E-state index in [2.05, 4.69) is 10.6 Å². The second kappa shape index (κ2) is 6.30. The minimum Gasteiger partial charge on any atom is -0.332 e. The third kappa shape index (κ3) is 4.32. The molecule has 1 aliphatic carbocycles. The van der Waals surface area contributed by atoms with Gasteiger partial charge in [0.1, 0.15) is 0 Å². The molecule has 1 aromatic carbocycles. The second-order valence-electron chi connectivity index (χ2n) is 5.34. The van der Waals surface area contributed by atoms with Crippen molar-refractivity contribution in [1.82, 2.24) is 5.32 Å². The van der Waals surface area contributed by atoms with E-state index in [4.69, 9.17) is 0 Å². The molecule has 1 aliphatic rings. The smallest absolute Gasteiger partial charge is 0.319 e. The summed E-state index contributed by atoms with van der Waals surface area (Å²) >= 11 is 0. The van der Waals surface area contributed by atoms with Crippen LogP contribution >= 0.6 is 0 Å². The number of hydrogen-bond acceptors (Lipinski definition) is 3. The molecule has 0 spiro atoms. The summed E-state index contributed by atoms with van der Waals surface area (Å²) in [5.74, 6) is 0. The summed E-state index contributed by atoms with van der Waals surface area (Å²) in [5, 5.41) is 5.48. The van der Waals surface area contributed by atoms with Gasteiger partial charge in [0.2, 0.25) is 0 Å². The quantitative estimate of drug-likeness (QED) is 0.843. The van der Waals surface area contributed by atoms with E-state index in [0.717, 1.165) is 31.1 Å². The molecule has 0 radical (unpaired) electrons. The first kappa shape index (κ1) is 15.6. The van der Waals surface area contributed by atoms with Gasteiger partial charge in [-0.05, 0) is 43.9 Å². The van der Waals surface area contributed by atoms with Crippen LogP contribution in [0.25, 0.3) is 0 Å². The predicted molar refractivity (Wildman–Crippen MR) is 83.2 cm³/mol. The second-order valence-corrected chi connectivity index (χ2v) is 7.32. The molecule has 1 aromatic rings. The highest BCUT2D eigenvalue weighted by Gasteiger charge is 2.17. The molecule has 6 heteroatoms. The van der Waals surface area contributed by atoms with Crippen molar-refractivity contribution in [1.29, 1.82) is 0 Å². The average molecular weight is 308 g/mol. The van der Waals surface area contributed by atoms with Gasteiger partial charge in [-0.1, -0.05) is 18.2 Å². The molecule has 0 bridgehead atoms. The molecule has 0 unspecified atom stereocenters. The van der Waals surface area contributed by atoms with Gasteiger partial charge in [-0.25, -0.2) is 13.2 Å². The molecule has 2 N–H and O–H groups in total. The van der Waals surface area contributed by atoms with Crippen molar-refractivity contribution < 1.29 is 13.2 Å². The number of nitrogens with one attached hydrogen (secondary N) is 2. The maximum absolute atomic E-state index is 12.0. The normalized spacial score (nSPS) is 18.3. The number of amides is 2. The number of allylic oxidation sites excluding steroid dienone is 1. The van der Waals surface area contributed by atoms with Crippen LogP contribution in [0.1, 0.15) is 24.8 Å².